The van der Waals surface area contributed by atoms with Gasteiger partial charge in [0.2, 0.25) is 0 Å². The van der Waals surface area contributed by atoms with E-state index in [-0.39, 0.29) is 0 Å². The summed E-state index contributed by atoms with van der Waals surface area (Å²) in [6, 6.07) is 0. The van der Waals surface area contributed by atoms with Gasteiger partial charge in [-0.3, -0.25) is 0 Å². The van der Waals surface area contributed by atoms with Crippen LogP contribution in [0.5, 0.6) is 0 Å². The van der Waals surface area contributed by atoms with E-state index in [0.29, 0.717) is 5.41 Å². The third-order valence-corrected chi connectivity index (χ3v) is 2.55. The highest BCUT2D eigenvalue weighted by molar-refractivity contribution is 4.93. The fourth-order valence-electron chi connectivity index (χ4n) is 1.64. The maximum absolute atomic E-state index is 5.27. The molecule has 2 heterocycles. The summed E-state index contributed by atoms with van der Waals surface area (Å²) in [5.41, 5.74) is 0.665. The molecule has 0 amide bonds. The van der Waals surface area contributed by atoms with Gasteiger partial charge in [0.15, 0.2) is 0 Å². The Morgan fingerprint density at radius 3 is 1.62 bits per heavy atom. The van der Waals surface area contributed by atoms with Crippen molar-refractivity contribution in [2.75, 3.05) is 26.3 Å². The third-order valence-electron chi connectivity index (χ3n) is 2.55. The molecule has 2 aliphatic heterocycles. The molecule has 0 saturated carbocycles. The highest BCUT2D eigenvalue weighted by atomic mass is 16.5. The Kier molecular flexibility index (Phi) is 7.29. The first-order valence-electron chi connectivity index (χ1n) is 5.70. The number of ether oxygens (including phenoxy) is 1. The van der Waals surface area contributed by atoms with Crippen LogP contribution < -0.4 is 5.32 Å². The molecule has 0 aromatic carbocycles. The first kappa shape index (κ1) is 12.9. The van der Waals surface area contributed by atoms with E-state index in [1.807, 2.05) is 27.7 Å². The van der Waals surface area contributed by atoms with Crippen LogP contribution in [0.2, 0.25) is 0 Å². The Morgan fingerprint density at radius 1 is 0.923 bits per heavy atom. The maximum atomic E-state index is 5.27. The van der Waals surface area contributed by atoms with Gasteiger partial charge in [-0.2, -0.15) is 0 Å². The predicted molar refractivity (Wildman–Crippen MR) is 58.1 cm³/mol. The summed E-state index contributed by atoms with van der Waals surface area (Å²) in [4.78, 5) is 0. The van der Waals surface area contributed by atoms with Gasteiger partial charge in [0, 0.05) is 26.3 Å². The second-order valence-electron chi connectivity index (χ2n) is 3.22. The second kappa shape index (κ2) is 7.34. The normalized spacial score (nSPS) is 23.1. The van der Waals surface area contributed by atoms with Crippen molar-refractivity contribution in [1.29, 1.82) is 0 Å². The molecule has 0 bridgehead atoms. The van der Waals surface area contributed by atoms with Crippen LogP contribution in [-0.4, -0.2) is 26.3 Å². The predicted octanol–water partition coefficient (Wildman–Crippen LogP) is 2.44. The quantitative estimate of drug-likeness (QED) is 0.629. The monoisotopic (exact) mass is 187 g/mol. The van der Waals surface area contributed by atoms with Crippen molar-refractivity contribution < 1.29 is 4.74 Å². The van der Waals surface area contributed by atoms with E-state index in [2.05, 4.69) is 5.32 Å². The Balaban J connectivity index is 0.000000322. The lowest BCUT2D eigenvalue weighted by Crippen LogP contribution is -2.55. The lowest BCUT2D eigenvalue weighted by Gasteiger charge is -2.45. The van der Waals surface area contributed by atoms with Gasteiger partial charge in [0.25, 0.3) is 0 Å². The minimum Gasteiger partial charge on any atom is -0.381 e. The summed E-state index contributed by atoms with van der Waals surface area (Å²) in [5, 5.41) is 3.32. The summed E-state index contributed by atoms with van der Waals surface area (Å²) < 4.78 is 5.27. The molecule has 2 heteroatoms. The molecular formula is C11H25NO. The molecule has 0 aromatic heterocycles. The molecule has 2 saturated heterocycles. The van der Waals surface area contributed by atoms with Gasteiger partial charge in [0.05, 0.1) is 0 Å². The summed E-state index contributed by atoms with van der Waals surface area (Å²) >= 11 is 0. The van der Waals surface area contributed by atoms with Crippen molar-refractivity contribution in [2.45, 2.75) is 40.5 Å². The summed E-state index contributed by atoms with van der Waals surface area (Å²) in [7, 11) is 0. The fraction of sp³-hybridized carbons (Fsp3) is 1.00. The van der Waals surface area contributed by atoms with Crippen LogP contribution in [0.25, 0.3) is 0 Å². The Bertz CT molecular complexity index is 103. The van der Waals surface area contributed by atoms with Crippen molar-refractivity contribution in [1.82, 2.24) is 5.32 Å². The summed E-state index contributed by atoms with van der Waals surface area (Å²) in [5.74, 6) is 0. The van der Waals surface area contributed by atoms with Crippen LogP contribution in [0.1, 0.15) is 40.5 Å². The number of rotatable bonds is 0. The van der Waals surface area contributed by atoms with Crippen molar-refractivity contribution in [3.8, 4) is 0 Å². The summed E-state index contributed by atoms with van der Waals surface area (Å²) in [6.45, 7) is 12.4. The van der Waals surface area contributed by atoms with Crippen LogP contribution >= 0.6 is 0 Å². The molecule has 1 N–H and O–H groups in total. The van der Waals surface area contributed by atoms with Crippen LogP contribution in [0.4, 0.5) is 0 Å². The lowest BCUT2D eigenvalue weighted by molar-refractivity contribution is -0.0130. The molecule has 0 radical (unpaired) electrons. The summed E-state index contributed by atoms with van der Waals surface area (Å²) in [6.07, 6.45) is 2.56. The number of hydrogen-bond donors (Lipinski definition) is 1. The first-order valence-corrected chi connectivity index (χ1v) is 5.70. The molecule has 13 heavy (non-hydrogen) atoms. The van der Waals surface area contributed by atoms with E-state index in [0.717, 1.165) is 13.2 Å². The van der Waals surface area contributed by atoms with E-state index in [9.17, 15) is 0 Å². The SMILES string of the molecule is C1CC2(CCO1)CNC2.CC.CC. The average molecular weight is 187 g/mol. The van der Waals surface area contributed by atoms with Gasteiger partial charge < -0.3 is 10.1 Å². The molecule has 1 spiro atoms. The van der Waals surface area contributed by atoms with Gasteiger partial charge in [-0.25, -0.2) is 0 Å². The molecule has 0 aliphatic carbocycles. The van der Waals surface area contributed by atoms with Crippen LogP contribution in [-0.2, 0) is 4.74 Å². The Hall–Kier alpha value is -0.0800. The van der Waals surface area contributed by atoms with Crippen LogP contribution in [0, 0.1) is 5.41 Å². The van der Waals surface area contributed by atoms with Crippen molar-refractivity contribution in [3.05, 3.63) is 0 Å². The van der Waals surface area contributed by atoms with E-state index >= 15 is 0 Å². The van der Waals surface area contributed by atoms with Gasteiger partial charge in [0.1, 0.15) is 0 Å². The zero-order valence-corrected chi connectivity index (χ0v) is 9.65. The maximum Gasteiger partial charge on any atom is 0.0472 e. The first-order chi connectivity index (χ1) is 6.41. The molecule has 0 atom stereocenters. The molecule has 2 fully saturated rings. The zero-order valence-electron chi connectivity index (χ0n) is 9.65. The number of hydrogen-bond acceptors (Lipinski definition) is 2. The Labute approximate surface area is 83.1 Å². The topological polar surface area (TPSA) is 21.3 Å². The largest absolute Gasteiger partial charge is 0.381 e. The van der Waals surface area contributed by atoms with Crippen molar-refractivity contribution >= 4 is 0 Å². The van der Waals surface area contributed by atoms with E-state index < -0.39 is 0 Å². The average Bonchev–Trinajstić information content (AvgIpc) is 2.23. The van der Waals surface area contributed by atoms with Crippen molar-refractivity contribution in [3.63, 3.8) is 0 Å². The van der Waals surface area contributed by atoms with Gasteiger partial charge in [-0.1, -0.05) is 27.7 Å². The molecule has 2 rings (SSSR count). The highest BCUT2D eigenvalue weighted by Gasteiger charge is 2.37. The second-order valence-corrected chi connectivity index (χ2v) is 3.22. The lowest BCUT2D eigenvalue weighted by atomic mass is 9.75. The smallest absolute Gasteiger partial charge is 0.0472 e. The van der Waals surface area contributed by atoms with Gasteiger partial charge in [-0.15, -0.1) is 0 Å². The van der Waals surface area contributed by atoms with Crippen molar-refractivity contribution in [2.24, 2.45) is 5.41 Å². The van der Waals surface area contributed by atoms with E-state index in [1.165, 1.54) is 25.9 Å². The Morgan fingerprint density at radius 2 is 1.38 bits per heavy atom. The third kappa shape index (κ3) is 3.65. The molecule has 0 unspecified atom stereocenters. The molecule has 80 valence electrons. The minimum absolute atomic E-state index is 0.665. The zero-order chi connectivity index (χ0) is 10.2. The number of nitrogens with one attached hydrogen (secondary N) is 1. The minimum atomic E-state index is 0.665. The van der Waals surface area contributed by atoms with Crippen LogP contribution in [0.3, 0.4) is 0 Å². The van der Waals surface area contributed by atoms with E-state index in [1.54, 1.807) is 0 Å². The molecule has 2 nitrogen and oxygen atoms in total. The van der Waals surface area contributed by atoms with E-state index in [4.69, 9.17) is 4.74 Å². The molecule has 2 aliphatic rings. The van der Waals surface area contributed by atoms with Gasteiger partial charge in [-0.05, 0) is 18.3 Å². The fourth-order valence-corrected chi connectivity index (χ4v) is 1.64. The van der Waals surface area contributed by atoms with Crippen LogP contribution in [0.15, 0.2) is 0 Å². The standard InChI is InChI=1S/C7H13NO.2C2H6/c1-3-9-4-2-7(1)5-8-6-7;2*1-2/h8H,1-6H2;2*1-2H3. The van der Waals surface area contributed by atoms with Gasteiger partial charge >= 0.3 is 0 Å². The molecular weight excluding hydrogens is 162 g/mol. The highest BCUT2D eigenvalue weighted by Crippen LogP contribution is 2.33. The molecule has 0 aromatic rings.